The van der Waals surface area contributed by atoms with E-state index in [1.807, 2.05) is 24.3 Å². The third kappa shape index (κ3) is 4.63. The number of pyridine rings is 2. The van der Waals surface area contributed by atoms with Crippen LogP contribution >= 0.6 is 0 Å². The van der Waals surface area contributed by atoms with Gasteiger partial charge in [-0.25, -0.2) is 4.98 Å². The number of rotatable bonds is 5. The summed E-state index contributed by atoms with van der Waals surface area (Å²) in [6.45, 7) is 0. The molecule has 8 aromatic rings. The van der Waals surface area contributed by atoms with Crippen LogP contribution in [0.3, 0.4) is 0 Å². The highest BCUT2D eigenvalue weighted by atomic mass is 14.8. The van der Waals surface area contributed by atoms with E-state index >= 15 is 0 Å². The summed E-state index contributed by atoms with van der Waals surface area (Å²) in [5.74, 6) is 0. The largest absolute Gasteiger partial charge is 0.255 e. The molecule has 0 radical (unpaired) electrons. The molecule has 0 saturated carbocycles. The fourth-order valence-corrected chi connectivity index (χ4v) is 6.30. The van der Waals surface area contributed by atoms with Crippen molar-refractivity contribution in [1.82, 2.24) is 9.97 Å². The lowest BCUT2D eigenvalue weighted by molar-refractivity contribution is 1.25. The second-order valence-corrected chi connectivity index (χ2v) is 11.0. The van der Waals surface area contributed by atoms with Gasteiger partial charge in [0.15, 0.2) is 0 Å². The predicted molar refractivity (Wildman–Crippen MR) is 184 cm³/mol. The number of aromatic nitrogens is 2. The Balaban J connectivity index is 1.34. The molecule has 2 aromatic heterocycles. The molecule has 0 spiro atoms. The standard InChI is InChI=1S/C42H28N2/c1-3-13-29(14-4-1)41-34-19-7-8-20-35(34)42(30-15-5-2-6-16-30)37-28-32(24-25-36(37)41)31-17-11-18-33(27-31)38-22-12-23-40(44-38)39-21-9-10-26-43-39/h1-28H. The number of fused-ring (bicyclic) bond motifs is 2. The van der Waals surface area contributed by atoms with Gasteiger partial charge in [0.05, 0.1) is 17.1 Å². The maximum absolute atomic E-state index is 4.97. The zero-order chi connectivity index (χ0) is 29.3. The average molecular weight is 561 g/mol. The smallest absolute Gasteiger partial charge is 0.0893 e. The molecule has 0 aliphatic carbocycles. The number of hydrogen-bond donors (Lipinski definition) is 0. The van der Waals surface area contributed by atoms with E-state index in [2.05, 4.69) is 145 Å². The van der Waals surface area contributed by atoms with Gasteiger partial charge in [0.25, 0.3) is 0 Å². The van der Waals surface area contributed by atoms with Gasteiger partial charge in [-0.2, -0.15) is 0 Å². The molecule has 0 bridgehead atoms. The zero-order valence-electron chi connectivity index (χ0n) is 24.1. The van der Waals surface area contributed by atoms with E-state index in [1.165, 1.54) is 49.4 Å². The minimum absolute atomic E-state index is 0.868. The highest BCUT2D eigenvalue weighted by Gasteiger charge is 2.17. The molecule has 0 saturated heterocycles. The third-order valence-electron chi connectivity index (χ3n) is 8.32. The average Bonchev–Trinajstić information content (AvgIpc) is 3.11. The van der Waals surface area contributed by atoms with Crippen LogP contribution < -0.4 is 0 Å². The van der Waals surface area contributed by atoms with Gasteiger partial charge in [-0.05, 0) is 91.3 Å². The Labute approximate surface area is 257 Å². The number of hydrogen-bond acceptors (Lipinski definition) is 2. The summed E-state index contributed by atoms with van der Waals surface area (Å²) in [6.07, 6.45) is 1.81. The lowest BCUT2D eigenvalue weighted by Gasteiger charge is -2.19. The normalized spacial score (nSPS) is 11.2. The van der Waals surface area contributed by atoms with Gasteiger partial charge in [0.2, 0.25) is 0 Å². The van der Waals surface area contributed by atoms with E-state index in [4.69, 9.17) is 4.98 Å². The van der Waals surface area contributed by atoms with Gasteiger partial charge in [0.1, 0.15) is 0 Å². The molecule has 6 aromatic carbocycles. The Morgan fingerprint density at radius 1 is 0.295 bits per heavy atom. The van der Waals surface area contributed by atoms with Gasteiger partial charge in [0, 0.05) is 11.8 Å². The van der Waals surface area contributed by atoms with Crippen molar-refractivity contribution in [1.29, 1.82) is 0 Å². The van der Waals surface area contributed by atoms with Gasteiger partial charge >= 0.3 is 0 Å². The molecule has 2 nitrogen and oxygen atoms in total. The quantitative estimate of drug-likeness (QED) is 0.196. The Morgan fingerprint density at radius 3 is 1.52 bits per heavy atom. The van der Waals surface area contributed by atoms with Crippen molar-refractivity contribution in [2.24, 2.45) is 0 Å². The summed E-state index contributed by atoms with van der Waals surface area (Å²) < 4.78 is 0. The summed E-state index contributed by atoms with van der Waals surface area (Å²) in [4.78, 5) is 9.47. The Morgan fingerprint density at radius 2 is 0.818 bits per heavy atom. The Bertz CT molecular complexity index is 2260. The molecule has 0 amide bonds. The van der Waals surface area contributed by atoms with Gasteiger partial charge in [-0.3, -0.25) is 4.98 Å². The molecule has 206 valence electrons. The van der Waals surface area contributed by atoms with Gasteiger partial charge in [-0.15, -0.1) is 0 Å². The first-order chi connectivity index (χ1) is 21.8. The fourth-order valence-electron chi connectivity index (χ4n) is 6.30. The molecular weight excluding hydrogens is 532 g/mol. The molecule has 44 heavy (non-hydrogen) atoms. The monoisotopic (exact) mass is 560 g/mol. The van der Waals surface area contributed by atoms with Crippen LogP contribution in [0.5, 0.6) is 0 Å². The molecule has 8 rings (SSSR count). The first kappa shape index (κ1) is 25.8. The van der Waals surface area contributed by atoms with Gasteiger partial charge < -0.3 is 0 Å². The van der Waals surface area contributed by atoms with Crippen molar-refractivity contribution in [2.45, 2.75) is 0 Å². The third-order valence-corrected chi connectivity index (χ3v) is 8.32. The van der Waals surface area contributed by atoms with E-state index in [-0.39, 0.29) is 0 Å². The highest BCUT2D eigenvalue weighted by Crippen LogP contribution is 2.44. The predicted octanol–water partition coefficient (Wildman–Crippen LogP) is 11.1. The second-order valence-electron chi connectivity index (χ2n) is 11.0. The van der Waals surface area contributed by atoms with Crippen LogP contribution in [-0.2, 0) is 0 Å². The van der Waals surface area contributed by atoms with E-state index in [0.29, 0.717) is 0 Å². The highest BCUT2D eigenvalue weighted by molar-refractivity contribution is 6.21. The van der Waals surface area contributed by atoms with Crippen LogP contribution in [0.2, 0.25) is 0 Å². The number of nitrogens with zero attached hydrogens (tertiary/aromatic N) is 2. The SMILES string of the molecule is c1ccc(-c2c3ccccc3c(-c3ccccc3)c3cc(-c4cccc(-c5cccc(-c6ccccn6)n5)c4)ccc23)cc1. The van der Waals surface area contributed by atoms with E-state index < -0.39 is 0 Å². The first-order valence-electron chi connectivity index (χ1n) is 14.9. The van der Waals surface area contributed by atoms with Crippen molar-refractivity contribution >= 4 is 21.5 Å². The molecule has 0 fully saturated rings. The second kappa shape index (κ2) is 11.1. The summed E-state index contributed by atoms with van der Waals surface area (Å²) >= 11 is 0. The number of benzene rings is 6. The van der Waals surface area contributed by atoms with Crippen molar-refractivity contribution in [3.8, 4) is 56.0 Å². The lowest BCUT2D eigenvalue weighted by Crippen LogP contribution is -1.92. The van der Waals surface area contributed by atoms with E-state index in [1.54, 1.807) is 6.20 Å². The van der Waals surface area contributed by atoms with Crippen LogP contribution in [0.1, 0.15) is 0 Å². The maximum Gasteiger partial charge on any atom is 0.0893 e. The van der Waals surface area contributed by atoms with Crippen molar-refractivity contribution in [2.75, 3.05) is 0 Å². The van der Waals surface area contributed by atoms with E-state index in [9.17, 15) is 0 Å². The topological polar surface area (TPSA) is 25.8 Å². The molecule has 0 N–H and O–H groups in total. The van der Waals surface area contributed by atoms with Crippen LogP contribution in [0, 0.1) is 0 Å². The Kier molecular flexibility index (Phi) is 6.51. The van der Waals surface area contributed by atoms with Crippen molar-refractivity contribution < 1.29 is 0 Å². The van der Waals surface area contributed by atoms with Crippen LogP contribution in [0.4, 0.5) is 0 Å². The van der Waals surface area contributed by atoms with Crippen LogP contribution in [0.15, 0.2) is 170 Å². The molecule has 2 heterocycles. The molecule has 0 unspecified atom stereocenters. The summed E-state index contributed by atoms with van der Waals surface area (Å²) in [5, 5.41) is 5.01. The molecule has 0 atom stereocenters. The molecular formula is C42H28N2. The summed E-state index contributed by atoms with van der Waals surface area (Å²) in [6, 6.07) is 58.0. The molecule has 0 aliphatic rings. The molecule has 2 heteroatoms. The Hall–Kier alpha value is -5.86. The lowest BCUT2D eigenvalue weighted by atomic mass is 9.85. The summed E-state index contributed by atoms with van der Waals surface area (Å²) in [7, 11) is 0. The van der Waals surface area contributed by atoms with E-state index in [0.717, 1.165) is 28.2 Å². The maximum atomic E-state index is 4.97. The van der Waals surface area contributed by atoms with Gasteiger partial charge in [-0.1, -0.05) is 127 Å². The van der Waals surface area contributed by atoms with Crippen LogP contribution in [-0.4, -0.2) is 9.97 Å². The fraction of sp³-hybridized carbons (Fsp3) is 0. The zero-order valence-corrected chi connectivity index (χ0v) is 24.1. The minimum Gasteiger partial charge on any atom is -0.255 e. The van der Waals surface area contributed by atoms with Crippen molar-refractivity contribution in [3.05, 3.63) is 170 Å². The minimum atomic E-state index is 0.868. The van der Waals surface area contributed by atoms with Crippen molar-refractivity contribution in [3.63, 3.8) is 0 Å². The first-order valence-corrected chi connectivity index (χ1v) is 14.9. The summed E-state index contributed by atoms with van der Waals surface area (Å²) in [5.41, 5.74) is 11.0. The van der Waals surface area contributed by atoms with Crippen LogP contribution in [0.25, 0.3) is 77.6 Å². The molecule has 0 aliphatic heterocycles.